The minimum atomic E-state index is -0.403. The van der Waals surface area contributed by atoms with Gasteiger partial charge in [0.2, 0.25) is 0 Å². The van der Waals surface area contributed by atoms with Crippen molar-refractivity contribution in [1.82, 2.24) is 4.90 Å². The number of amides is 2. The lowest BCUT2D eigenvalue weighted by molar-refractivity contribution is -0.0846. The first kappa shape index (κ1) is 18.5. The van der Waals surface area contributed by atoms with E-state index in [9.17, 15) is 9.59 Å². The molecule has 1 unspecified atom stereocenters. The van der Waals surface area contributed by atoms with E-state index in [1.807, 2.05) is 49.1 Å². The molecule has 2 aromatic rings. The summed E-state index contributed by atoms with van der Waals surface area (Å²) < 4.78 is 11.0. The maximum absolute atomic E-state index is 13.3. The van der Waals surface area contributed by atoms with Crippen molar-refractivity contribution in [2.45, 2.75) is 25.5 Å². The van der Waals surface area contributed by atoms with Crippen molar-refractivity contribution in [2.75, 3.05) is 31.2 Å². The first-order chi connectivity index (χ1) is 13.5. The van der Waals surface area contributed by atoms with E-state index in [0.717, 1.165) is 11.3 Å². The van der Waals surface area contributed by atoms with Crippen LogP contribution in [0.15, 0.2) is 54.6 Å². The predicted molar refractivity (Wildman–Crippen MR) is 105 cm³/mol. The monoisotopic (exact) mass is 380 g/mol. The molecule has 6 heteroatoms. The van der Waals surface area contributed by atoms with Gasteiger partial charge in [-0.1, -0.05) is 30.3 Å². The highest BCUT2D eigenvalue weighted by atomic mass is 16.6. The molecule has 6 nitrogen and oxygen atoms in total. The molecule has 0 bridgehead atoms. The highest BCUT2D eigenvalue weighted by Gasteiger charge is 2.39. The number of benzene rings is 2. The van der Waals surface area contributed by atoms with Crippen molar-refractivity contribution >= 4 is 17.7 Å². The second-order valence-electron chi connectivity index (χ2n) is 7.75. The molecule has 2 aliphatic heterocycles. The first-order valence-corrected chi connectivity index (χ1v) is 9.48. The van der Waals surface area contributed by atoms with Crippen LogP contribution in [-0.2, 0) is 9.47 Å². The Kier molecular flexibility index (Phi) is 4.81. The number of rotatable bonds is 3. The third kappa shape index (κ3) is 3.47. The molecule has 2 fully saturated rings. The van der Waals surface area contributed by atoms with Gasteiger partial charge >= 0.3 is 6.09 Å². The first-order valence-electron chi connectivity index (χ1n) is 9.48. The van der Waals surface area contributed by atoms with Crippen LogP contribution in [0, 0.1) is 0 Å². The third-order valence-corrected chi connectivity index (χ3v) is 5.32. The van der Waals surface area contributed by atoms with Gasteiger partial charge in [0.25, 0.3) is 5.91 Å². The zero-order chi connectivity index (χ0) is 19.7. The normalized spacial score (nSPS) is 21.5. The Bertz CT molecular complexity index is 864. The number of hydrogen-bond acceptors (Lipinski definition) is 4. The topological polar surface area (TPSA) is 59.1 Å². The van der Waals surface area contributed by atoms with Gasteiger partial charge in [-0.3, -0.25) is 9.69 Å². The van der Waals surface area contributed by atoms with Gasteiger partial charge < -0.3 is 14.4 Å². The molecular formula is C22H24N2O4. The van der Waals surface area contributed by atoms with Crippen molar-refractivity contribution in [3.8, 4) is 0 Å². The largest absolute Gasteiger partial charge is 0.447 e. The summed E-state index contributed by atoms with van der Waals surface area (Å²) in [6.45, 7) is 5.91. The molecule has 0 radical (unpaired) electrons. The number of cyclic esters (lactones) is 1. The molecule has 0 N–H and O–H groups in total. The van der Waals surface area contributed by atoms with Gasteiger partial charge in [0.05, 0.1) is 25.2 Å². The van der Waals surface area contributed by atoms with Crippen molar-refractivity contribution in [3.05, 3.63) is 65.7 Å². The maximum Gasteiger partial charge on any atom is 0.414 e. The molecule has 1 atom stereocenters. The Labute approximate surface area is 164 Å². The van der Waals surface area contributed by atoms with Crippen LogP contribution in [0.4, 0.5) is 10.5 Å². The molecule has 2 heterocycles. The lowest BCUT2D eigenvalue weighted by Crippen LogP contribution is -2.56. The van der Waals surface area contributed by atoms with Crippen LogP contribution < -0.4 is 4.90 Å². The fourth-order valence-corrected chi connectivity index (χ4v) is 3.64. The van der Waals surface area contributed by atoms with Crippen LogP contribution >= 0.6 is 0 Å². The zero-order valence-electron chi connectivity index (χ0n) is 16.1. The van der Waals surface area contributed by atoms with Crippen LogP contribution in [0.3, 0.4) is 0 Å². The van der Waals surface area contributed by atoms with Gasteiger partial charge in [0.1, 0.15) is 12.7 Å². The second-order valence-corrected chi connectivity index (χ2v) is 7.75. The number of carbonyl (C=O) groups is 2. The molecule has 0 spiro atoms. The van der Waals surface area contributed by atoms with Gasteiger partial charge in [-0.05, 0) is 43.7 Å². The Morgan fingerprint density at radius 2 is 1.79 bits per heavy atom. The Morgan fingerprint density at radius 1 is 1.07 bits per heavy atom. The van der Waals surface area contributed by atoms with Crippen LogP contribution in [0.2, 0.25) is 0 Å². The summed E-state index contributed by atoms with van der Waals surface area (Å²) in [4.78, 5) is 28.4. The molecule has 28 heavy (non-hydrogen) atoms. The van der Waals surface area contributed by atoms with Gasteiger partial charge in [0, 0.05) is 11.3 Å². The fraction of sp³-hybridized carbons (Fsp3) is 0.364. The molecule has 4 rings (SSSR count). The number of nitrogens with zero attached hydrogens (tertiary/aromatic N) is 2. The Hall–Kier alpha value is -2.86. The second kappa shape index (κ2) is 7.28. The molecular weight excluding hydrogens is 356 g/mol. The molecule has 0 saturated carbocycles. The predicted octanol–water partition coefficient (Wildman–Crippen LogP) is 3.64. The highest BCUT2D eigenvalue weighted by Crippen LogP contribution is 2.32. The van der Waals surface area contributed by atoms with Gasteiger partial charge in [-0.25, -0.2) is 4.79 Å². The average molecular weight is 380 g/mol. The lowest BCUT2D eigenvalue weighted by Gasteiger charge is -2.45. The number of ether oxygens (including phenoxy) is 2. The summed E-state index contributed by atoms with van der Waals surface area (Å²) in [6, 6.07) is 17.1. The number of morpholine rings is 1. The van der Waals surface area contributed by atoms with E-state index in [-0.39, 0.29) is 18.1 Å². The zero-order valence-corrected chi connectivity index (χ0v) is 16.1. The standard InChI is InChI=1S/C22H24N2O4/c1-22(2)15-28-19(16-6-4-3-5-7-16)14-24(22)20(25)17-8-10-18(11-9-17)23-12-13-27-21(23)26/h3-11,19H,12-15H2,1-2H3. The molecule has 2 aromatic carbocycles. The highest BCUT2D eigenvalue weighted by molar-refractivity contribution is 5.96. The quantitative estimate of drug-likeness (QED) is 0.816. The van der Waals surface area contributed by atoms with Crippen molar-refractivity contribution < 1.29 is 19.1 Å². The minimum absolute atomic E-state index is 0.0372. The molecule has 146 valence electrons. The summed E-state index contributed by atoms with van der Waals surface area (Å²) in [7, 11) is 0. The van der Waals surface area contributed by atoms with E-state index < -0.39 is 5.54 Å². The van der Waals surface area contributed by atoms with E-state index in [4.69, 9.17) is 9.47 Å². The molecule has 0 aliphatic carbocycles. The third-order valence-electron chi connectivity index (χ3n) is 5.32. The van der Waals surface area contributed by atoms with Crippen LogP contribution in [0.5, 0.6) is 0 Å². The SMILES string of the molecule is CC1(C)COC(c2ccccc2)CN1C(=O)c1ccc(N2CCOC2=O)cc1. The van der Waals surface area contributed by atoms with Crippen molar-refractivity contribution in [1.29, 1.82) is 0 Å². The molecule has 2 aliphatic rings. The summed E-state index contributed by atoms with van der Waals surface area (Å²) in [5.41, 5.74) is 2.00. The van der Waals surface area contributed by atoms with E-state index in [2.05, 4.69) is 0 Å². The minimum Gasteiger partial charge on any atom is -0.447 e. The summed E-state index contributed by atoms with van der Waals surface area (Å²) in [5.74, 6) is -0.0372. The number of hydrogen-bond donors (Lipinski definition) is 0. The summed E-state index contributed by atoms with van der Waals surface area (Å²) in [6.07, 6.45) is -0.490. The van der Waals surface area contributed by atoms with Crippen molar-refractivity contribution in [3.63, 3.8) is 0 Å². The molecule has 2 saturated heterocycles. The van der Waals surface area contributed by atoms with E-state index in [0.29, 0.717) is 31.9 Å². The summed E-state index contributed by atoms with van der Waals surface area (Å²) >= 11 is 0. The van der Waals surface area contributed by atoms with Crippen LogP contribution in [-0.4, -0.2) is 48.7 Å². The summed E-state index contributed by atoms with van der Waals surface area (Å²) in [5, 5.41) is 0. The van der Waals surface area contributed by atoms with Gasteiger partial charge in [0.15, 0.2) is 0 Å². The number of carbonyl (C=O) groups excluding carboxylic acids is 2. The van der Waals surface area contributed by atoms with Gasteiger partial charge in [-0.15, -0.1) is 0 Å². The Balaban J connectivity index is 1.54. The number of anilines is 1. The van der Waals surface area contributed by atoms with Crippen molar-refractivity contribution in [2.24, 2.45) is 0 Å². The van der Waals surface area contributed by atoms with Gasteiger partial charge in [-0.2, -0.15) is 0 Å². The smallest absolute Gasteiger partial charge is 0.414 e. The van der Waals surface area contributed by atoms with Crippen LogP contribution in [0.25, 0.3) is 0 Å². The van der Waals surface area contributed by atoms with E-state index >= 15 is 0 Å². The van der Waals surface area contributed by atoms with Crippen LogP contribution in [0.1, 0.15) is 35.9 Å². The fourth-order valence-electron chi connectivity index (χ4n) is 3.64. The lowest BCUT2D eigenvalue weighted by atomic mass is 9.96. The molecule has 0 aromatic heterocycles. The molecule has 2 amide bonds. The van der Waals surface area contributed by atoms with E-state index in [1.54, 1.807) is 29.2 Å². The van der Waals surface area contributed by atoms with E-state index in [1.165, 1.54) is 0 Å². The maximum atomic E-state index is 13.3. The Morgan fingerprint density at radius 3 is 2.43 bits per heavy atom. The average Bonchev–Trinajstić information content (AvgIpc) is 3.14.